The number of carbonyl (C=O) groups is 3. The summed E-state index contributed by atoms with van der Waals surface area (Å²) in [5.41, 5.74) is 0.145. The standard InChI is InChI=1S/C37H31N3O10S/c41-34(26-15-7-2-8-16-26)47-23-29-31(49-35(42)27-17-9-3-10-18-27)32(50-36(43)28-19-11-4-12-20-28)33(48-29)40-22-21-30(38-37(40)44)39-51(45,46)24-25-13-5-1-6-14-25/h1-22,29,31-33H,23-24H2,(H,38,39,44)/t29-,31-,32-,33+/m0/s1. The van der Waals surface area contributed by atoms with Gasteiger partial charge in [-0.2, -0.15) is 4.98 Å². The van der Waals surface area contributed by atoms with Gasteiger partial charge in [0.05, 0.1) is 22.4 Å². The minimum Gasteiger partial charge on any atom is -0.459 e. The maximum Gasteiger partial charge on any atom is 0.351 e. The fourth-order valence-electron chi connectivity index (χ4n) is 5.33. The molecule has 1 aliphatic rings. The smallest absolute Gasteiger partial charge is 0.351 e. The molecule has 51 heavy (non-hydrogen) atoms. The van der Waals surface area contributed by atoms with Crippen LogP contribution in [0.2, 0.25) is 0 Å². The molecule has 4 atom stereocenters. The van der Waals surface area contributed by atoms with E-state index in [1.807, 2.05) is 0 Å². The monoisotopic (exact) mass is 709 g/mol. The largest absolute Gasteiger partial charge is 0.459 e. The van der Waals surface area contributed by atoms with Crippen molar-refractivity contribution in [2.45, 2.75) is 30.3 Å². The predicted octanol–water partition coefficient (Wildman–Crippen LogP) is 4.39. The Hall–Kier alpha value is -6.12. The third kappa shape index (κ3) is 8.73. The van der Waals surface area contributed by atoms with E-state index in [0.717, 1.165) is 4.57 Å². The molecule has 6 rings (SSSR count). The zero-order valence-corrected chi connectivity index (χ0v) is 27.6. The first kappa shape index (κ1) is 34.7. The summed E-state index contributed by atoms with van der Waals surface area (Å²) in [6.07, 6.45) is -4.35. The van der Waals surface area contributed by atoms with Crippen molar-refractivity contribution in [1.29, 1.82) is 0 Å². The summed E-state index contributed by atoms with van der Waals surface area (Å²) in [5, 5.41) is 0. The molecular weight excluding hydrogens is 678 g/mol. The van der Waals surface area contributed by atoms with Crippen LogP contribution in [0.4, 0.5) is 5.82 Å². The van der Waals surface area contributed by atoms with Crippen LogP contribution in [0.1, 0.15) is 42.9 Å². The van der Waals surface area contributed by atoms with Gasteiger partial charge >= 0.3 is 23.6 Å². The predicted molar refractivity (Wildman–Crippen MR) is 183 cm³/mol. The summed E-state index contributed by atoms with van der Waals surface area (Å²) in [4.78, 5) is 57.0. The Balaban J connectivity index is 1.32. The lowest BCUT2D eigenvalue weighted by molar-refractivity contribution is -0.0639. The van der Waals surface area contributed by atoms with Gasteiger partial charge in [0.2, 0.25) is 10.0 Å². The average Bonchev–Trinajstić information content (AvgIpc) is 3.47. The number of nitrogens with zero attached hydrogens (tertiary/aromatic N) is 2. The summed E-state index contributed by atoms with van der Waals surface area (Å²) in [5.74, 6) is -2.93. The van der Waals surface area contributed by atoms with Gasteiger partial charge in [-0.15, -0.1) is 0 Å². The number of hydrogen-bond donors (Lipinski definition) is 1. The van der Waals surface area contributed by atoms with Gasteiger partial charge in [0, 0.05) is 6.20 Å². The van der Waals surface area contributed by atoms with Gasteiger partial charge in [-0.25, -0.2) is 27.6 Å². The van der Waals surface area contributed by atoms with Crippen molar-refractivity contribution in [3.63, 3.8) is 0 Å². The molecule has 0 saturated carbocycles. The molecule has 0 aliphatic carbocycles. The summed E-state index contributed by atoms with van der Waals surface area (Å²) in [6, 6.07) is 33.9. The Bertz CT molecular complexity index is 2150. The van der Waals surface area contributed by atoms with Gasteiger partial charge in [-0.3, -0.25) is 9.29 Å². The van der Waals surface area contributed by atoms with Crippen LogP contribution in [0.5, 0.6) is 0 Å². The number of carbonyl (C=O) groups excluding carboxylic acids is 3. The molecule has 0 amide bonds. The van der Waals surface area contributed by atoms with Crippen LogP contribution in [-0.4, -0.2) is 60.8 Å². The zero-order valence-electron chi connectivity index (χ0n) is 26.8. The molecule has 1 fully saturated rings. The van der Waals surface area contributed by atoms with E-state index in [1.165, 1.54) is 36.5 Å². The molecule has 0 bridgehead atoms. The molecular formula is C37H31N3O10S. The molecule has 4 aromatic carbocycles. The third-order valence-corrected chi connectivity index (χ3v) is 8.98. The lowest BCUT2D eigenvalue weighted by atomic mass is 10.1. The molecule has 1 saturated heterocycles. The van der Waals surface area contributed by atoms with Gasteiger partial charge in [-0.1, -0.05) is 84.9 Å². The zero-order chi connectivity index (χ0) is 35.8. The highest BCUT2D eigenvalue weighted by molar-refractivity contribution is 7.91. The van der Waals surface area contributed by atoms with Crippen molar-refractivity contribution in [2.24, 2.45) is 0 Å². The van der Waals surface area contributed by atoms with Gasteiger partial charge in [0.1, 0.15) is 18.5 Å². The Morgan fingerprint density at radius 3 is 1.71 bits per heavy atom. The number of hydrogen-bond acceptors (Lipinski definition) is 11. The highest BCUT2D eigenvalue weighted by Gasteiger charge is 2.51. The van der Waals surface area contributed by atoms with Gasteiger partial charge in [-0.05, 0) is 48.0 Å². The molecule has 0 unspecified atom stereocenters. The molecule has 1 aromatic heterocycles. The third-order valence-electron chi connectivity index (χ3n) is 7.74. The first-order valence-corrected chi connectivity index (χ1v) is 17.4. The minimum atomic E-state index is -3.96. The number of nitrogens with one attached hydrogen (secondary N) is 1. The number of sulfonamides is 1. The number of aromatic nitrogens is 2. The molecule has 5 aromatic rings. The number of ether oxygens (including phenoxy) is 4. The highest BCUT2D eigenvalue weighted by Crippen LogP contribution is 2.35. The Morgan fingerprint density at radius 2 is 1.18 bits per heavy atom. The summed E-state index contributed by atoms with van der Waals surface area (Å²) >= 11 is 0. The van der Waals surface area contributed by atoms with Crippen LogP contribution in [0.15, 0.2) is 138 Å². The fourth-order valence-corrected chi connectivity index (χ4v) is 6.47. The lowest BCUT2D eigenvalue weighted by Gasteiger charge is -2.25. The number of rotatable bonds is 12. The minimum absolute atomic E-state index is 0.164. The van der Waals surface area contributed by atoms with Crippen LogP contribution in [0.25, 0.3) is 0 Å². The molecule has 14 heteroatoms. The molecule has 0 radical (unpaired) electrons. The van der Waals surface area contributed by atoms with E-state index in [9.17, 15) is 27.6 Å². The van der Waals surface area contributed by atoms with Gasteiger partial charge in [0.25, 0.3) is 0 Å². The molecule has 0 spiro atoms. The number of esters is 3. The van der Waals surface area contributed by atoms with Crippen LogP contribution >= 0.6 is 0 Å². The maximum atomic E-state index is 13.5. The maximum absolute atomic E-state index is 13.5. The SMILES string of the molecule is O=C(OC[C@@H]1O[C@@H](n2ccc(NS(=O)(=O)Cc3ccccc3)nc2=O)[C@@H](OC(=O)c2ccccc2)[C@H]1OC(=O)c1ccccc1)c1ccccc1. The number of benzene rings is 4. The molecule has 2 heterocycles. The van der Waals surface area contributed by atoms with Gasteiger partial charge < -0.3 is 18.9 Å². The van der Waals surface area contributed by atoms with E-state index in [-0.39, 0.29) is 28.3 Å². The van der Waals surface area contributed by atoms with Crippen molar-refractivity contribution in [3.8, 4) is 0 Å². The van der Waals surface area contributed by atoms with Crippen LogP contribution < -0.4 is 10.4 Å². The fraction of sp³-hybridized carbons (Fsp3) is 0.162. The first-order chi connectivity index (χ1) is 24.7. The second kappa shape index (κ2) is 15.6. The van der Waals surface area contributed by atoms with Crippen LogP contribution in [0, 0.1) is 0 Å². The Morgan fingerprint density at radius 1 is 0.686 bits per heavy atom. The molecule has 13 nitrogen and oxygen atoms in total. The summed E-state index contributed by atoms with van der Waals surface area (Å²) < 4.78 is 52.4. The van der Waals surface area contributed by atoms with Crippen molar-refractivity contribution in [2.75, 3.05) is 11.3 Å². The van der Waals surface area contributed by atoms with Crippen molar-refractivity contribution in [3.05, 3.63) is 166 Å². The second-order valence-electron chi connectivity index (χ2n) is 11.4. The molecule has 1 aliphatic heterocycles. The van der Waals surface area contributed by atoms with E-state index in [0.29, 0.717) is 5.56 Å². The number of anilines is 1. The summed E-state index contributed by atoms with van der Waals surface area (Å²) in [6.45, 7) is -0.462. The molecule has 1 N–H and O–H groups in total. The lowest BCUT2D eigenvalue weighted by Crippen LogP contribution is -2.42. The second-order valence-corrected chi connectivity index (χ2v) is 13.1. The highest BCUT2D eigenvalue weighted by atomic mass is 32.2. The van der Waals surface area contributed by atoms with E-state index >= 15 is 0 Å². The van der Waals surface area contributed by atoms with E-state index in [4.69, 9.17) is 18.9 Å². The van der Waals surface area contributed by atoms with Gasteiger partial charge in [0.15, 0.2) is 18.4 Å². The van der Waals surface area contributed by atoms with Crippen molar-refractivity contribution < 1.29 is 41.7 Å². The normalized spacial score (nSPS) is 18.4. The van der Waals surface area contributed by atoms with E-state index < -0.39 is 64.8 Å². The Kier molecular flexibility index (Phi) is 10.6. The van der Waals surface area contributed by atoms with Crippen LogP contribution in [-0.2, 0) is 34.7 Å². The van der Waals surface area contributed by atoms with Crippen molar-refractivity contribution >= 4 is 33.7 Å². The average molecular weight is 710 g/mol. The van der Waals surface area contributed by atoms with Crippen LogP contribution in [0.3, 0.4) is 0 Å². The topological polar surface area (TPSA) is 169 Å². The quantitative estimate of drug-likeness (QED) is 0.144. The Labute approximate surface area is 292 Å². The summed E-state index contributed by atoms with van der Waals surface area (Å²) in [7, 11) is -3.96. The van der Waals surface area contributed by atoms with E-state index in [2.05, 4.69) is 9.71 Å². The molecule has 260 valence electrons. The van der Waals surface area contributed by atoms with E-state index in [1.54, 1.807) is 97.1 Å². The van der Waals surface area contributed by atoms with Crippen molar-refractivity contribution in [1.82, 2.24) is 9.55 Å². The first-order valence-electron chi connectivity index (χ1n) is 15.7.